The fourth-order valence-corrected chi connectivity index (χ4v) is 3.42. The Hall–Kier alpha value is -2.74. The number of Topliss-reactive ketones (excluding diaryl/α,β-unsaturated/α-hetero) is 1. The van der Waals surface area contributed by atoms with Gasteiger partial charge < -0.3 is 4.74 Å². The van der Waals surface area contributed by atoms with Crippen LogP contribution in [0.5, 0.6) is 5.75 Å². The molecular weight excluding hydrogens is 324 g/mol. The summed E-state index contributed by atoms with van der Waals surface area (Å²) in [6, 6.07) is 14.7. The molecular formula is C20H17F2NO2. The third kappa shape index (κ3) is 2.41. The molecule has 0 bridgehead atoms. The van der Waals surface area contributed by atoms with Crippen molar-refractivity contribution in [2.24, 2.45) is 5.41 Å². The summed E-state index contributed by atoms with van der Waals surface area (Å²) >= 11 is 0. The summed E-state index contributed by atoms with van der Waals surface area (Å²) in [6.45, 7) is 1.85. The molecule has 1 saturated carbocycles. The van der Waals surface area contributed by atoms with Crippen LogP contribution in [0.1, 0.15) is 27.9 Å². The number of ether oxygens (including phenoxy) is 1. The zero-order valence-corrected chi connectivity index (χ0v) is 13.9. The van der Waals surface area contributed by atoms with E-state index < -0.39 is 23.0 Å². The highest BCUT2D eigenvalue weighted by Crippen LogP contribution is 2.68. The number of benzene rings is 2. The van der Waals surface area contributed by atoms with Crippen molar-refractivity contribution >= 4 is 5.78 Å². The molecule has 1 aliphatic rings. The molecule has 1 aliphatic carbocycles. The van der Waals surface area contributed by atoms with Crippen LogP contribution >= 0.6 is 0 Å². The van der Waals surface area contributed by atoms with Crippen molar-refractivity contribution in [3.63, 3.8) is 0 Å². The van der Waals surface area contributed by atoms with Crippen molar-refractivity contribution in [3.05, 3.63) is 65.2 Å². The molecule has 2 aromatic rings. The fraction of sp³-hybridized carbons (Fsp3) is 0.300. The summed E-state index contributed by atoms with van der Waals surface area (Å²) in [5, 5.41) is 9.66. The maximum Gasteiger partial charge on any atom is 0.250 e. The Bertz CT molecular complexity index is 839. The van der Waals surface area contributed by atoms with Crippen LogP contribution in [0, 0.1) is 23.7 Å². The quantitative estimate of drug-likeness (QED) is 0.762. The van der Waals surface area contributed by atoms with Crippen LogP contribution in [0.2, 0.25) is 0 Å². The molecule has 0 aromatic heterocycles. The molecule has 5 heteroatoms. The lowest BCUT2D eigenvalue weighted by Crippen LogP contribution is -2.31. The van der Waals surface area contributed by atoms with Gasteiger partial charge >= 0.3 is 0 Å². The van der Waals surface area contributed by atoms with E-state index in [1.807, 2.05) is 13.0 Å². The predicted octanol–water partition coefficient (Wildman–Crippen LogP) is 4.30. The summed E-state index contributed by atoms with van der Waals surface area (Å²) < 4.78 is 33.1. The number of hydrogen-bond acceptors (Lipinski definition) is 3. The van der Waals surface area contributed by atoms with Gasteiger partial charge in [-0.15, -0.1) is 0 Å². The van der Waals surface area contributed by atoms with Crippen molar-refractivity contribution in [2.75, 3.05) is 7.11 Å². The molecule has 2 aromatic carbocycles. The molecule has 1 fully saturated rings. The first-order chi connectivity index (χ1) is 11.9. The van der Waals surface area contributed by atoms with Crippen molar-refractivity contribution in [3.8, 4) is 11.8 Å². The van der Waals surface area contributed by atoms with Gasteiger partial charge in [-0.3, -0.25) is 4.79 Å². The molecule has 0 aliphatic heterocycles. The van der Waals surface area contributed by atoms with Crippen molar-refractivity contribution in [2.45, 2.75) is 25.2 Å². The van der Waals surface area contributed by atoms with Crippen LogP contribution in [0.25, 0.3) is 0 Å². The second kappa shape index (κ2) is 5.96. The number of rotatable bonds is 5. The number of carbonyl (C=O) groups excluding carboxylic acids is 1. The van der Waals surface area contributed by atoms with Crippen LogP contribution < -0.4 is 4.74 Å². The molecule has 0 N–H and O–H groups in total. The highest BCUT2D eigenvalue weighted by Gasteiger charge is 2.78. The molecule has 0 heterocycles. The van der Waals surface area contributed by atoms with E-state index in [4.69, 9.17) is 4.74 Å². The van der Waals surface area contributed by atoms with Crippen molar-refractivity contribution < 1.29 is 18.3 Å². The number of halogens is 2. The third-order valence-corrected chi connectivity index (χ3v) is 5.05. The second-order valence-electron chi connectivity index (χ2n) is 6.39. The number of ketones is 1. The van der Waals surface area contributed by atoms with Crippen molar-refractivity contribution in [1.29, 1.82) is 5.26 Å². The largest absolute Gasteiger partial charge is 0.497 e. The highest BCUT2D eigenvalue weighted by atomic mass is 19.3. The van der Waals surface area contributed by atoms with Gasteiger partial charge in [0.1, 0.15) is 11.2 Å². The van der Waals surface area contributed by atoms with Gasteiger partial charge in [-0.25, -0.2) is 8.78 Å². The van der Waals surface area contributed by atoms with Crippen LogP contribution in [-0.4, -0.2) is 19.3 Å². The van der Waals surface area contributed by atoms with Gasteiger partial charge in [0.25, 0.3) is 0 Å². The number of hydrogen-bond donors (Lipinski definition) is 0. The Morgan fingerprint density at radius 1 is 1.16 bits per heavy atom. The molecule has 0 amide bonds. The molecule has 3 nitrogen and oxygen atoms in total. The van der Waals surface area contributed by atoms with E-state index in [0.717, 1.165) is 5.56 Å². The van der Waals surface area contributed by atoms with E-state index in [2.05, 4.69) is 0 Å². The van der Waals surface area contributed by atoms with Gasteiger partial charge in [0.05, 0.1) is 18.6 Å². The minimum Gasteiger partial charge on any atom is -0.497 e. The number of carbonyl (C=O) groups is 1. The van der Waals surface area contributed by atoms with Gasteiger partial charge in [-0.2, -0.15) is 5.26 Å². The van der Waals surface area contributed by atoms with Gasteiger partial charge in [-0.1, -0.05) is 29.8 Å². The SMILES string of the molecule is COc1ccc(C(=O)[C@]2(C#N)C[C@]2(c2ccc(C)cc2)C(F)F)cc1. The van der Waals surface area contributed by atoms with Gasteiger partial charge in [-0.05, 0) is 43.2 Å². The fourth-order valence-electron chi connectivity index (χ4n) is 3.42. The zero-order valence-electron chi connectivity index (χ0n) is 13.9. The maximum absolute atomic E-state index is 14.0. The van der Waals surface area contributed by atoms with Gasteiger partial charge in [0, 0.05) is 5.56 Å². The first-order valence-electron chi connectivity index (χ1n) is 7.87. The number of nitriles is 1. The minimum atomic E-state index is -2.81. The van der Waals surface area contributed by atoms with Gasteiger partial charge in [0.15, 0.2) is 5.78 Å². The monoisotopic (exact) mass is 341 g/mol. The lowest BCUT2D eigenvalue weighted by Gasteiger charge is -2.20. The Morgan fingerprint density at radius 3 is 2.24 bits per heavy atom. The Morgan fingerprint density at radius 2 is 1.76 bits per heavy atom. The molecule has 25 heavy (non-hydrogen) atoms. The summed E-state index contributed by atoms with van der Waals surface area (Å²) in [6.07, 6.45) is -2.99. The summed E-state index contributed by atoms with van der Waals surface area (Å²) in [7, 11) is 1.49. The number of alkyl halides is 2. The maximum atomic E-state index is 14.0. The molecule has 0 radical (unpaired) electrons. The van der Waals surface area contributed by atoms with Crippen LogP contribution in [0.4, 0.5) is 8.78 Å². The number of aryl methyl sites for hydroxylation is 1. The topological polar surface area (TPSA) is 50.1 Å². The summed E-state index contributed by atoms with van der Waals surface area (Å²) in [5.74, 6) is -0.0180. The molecule has 2 atom stereocenters. The van der Waals surface area contributed by atoms with Crippen LogP contribution in [0.15, 0.2) is 48.5 Å². The summed E-state index contributed by atoms with van der Waals surface area (Å²) in [5.41, 5.74) is -2.01. The second-order valence-corrected chi connectivity index (χ2v) is 6.39. The lowest BCUT2D eigenvalue weighted by atomic mass is 9.82. The first kappa shape index (κ1) is 17.1. The minimum absolute atomic E-state index is 0.178. The number of methoxy groups -OCH3 is 1. The van der Waals surface area contributed by atoms with Crippen LogP contribution in [0.3, 0.4) is 0 Å². The lowest BCUT2D eigenvalue weighted by molar-refractivity contribution is 0.0716. The van der Waals surface area contributed by atoms with Crippen molar-refractivity contribution in [1.82, 2.24) is 0 Å². The van der Waals surface area contributed by atoms with E-state index in [9.17, 15) is 18.8 Å². The van der Waals surface area contributed by atoms with E-state index in [-0.39, 0.29) is 12.0 Å². The van der Waals surface area contributed by atoms with Crippen LogP contribution in [-0.2, 0) is 5.41 Å². The molecule has 0 spiro atoms. The Kier molecular flexibility index (Phi) is 4.08. The predicted molar refractivity (Wildman–Crippen MR) is 88.8 cm³/mol. The van der Waals surface area contributed by atoms with E-state index in [1.165, 1.54) is 19.2 Å². The Labute approximate surface area is 144 Å². The van der Waals surface area contributed by atoms with E-state index in [1.54, 1.807) is 36.4 Å². The average molecular weight is 341 g/mol. The van der Waals surface area contributed by atoms with Gasteiger partial charge in [0.2, 0.25) is 6.43 Å². The first-order valence-corrected chi connectivity index (χ1v) is 7.87. The standard InChI is InChI=1S/C20H17F2NO2/c1-13-3-7-15(8-4-13)20(18(21)22)11-19(20,12-23)17(24)14-5-9-16(25-2)10-6-14/h3-10,18H,11H2,1-2H3/t19-,20+/m1/s1. The number of nitrogens with zero attached hydrogens (tertiary/aromatic N) is 1. The Balaban J connectivity index is 2.04. The summed E-state index contributed by atoms with van der Waals surface area (Å²) in [4.78, 5) is 12.9. The smallest absolute Gasteiger partial charge is 0.250 e. The molecule has 3 rings (SSSR count). The van der Waals surface area contributed by atoms with E-state index in [0.29, 0.717) is 11.3 Å². The van der Waals surface area contributed by atoms with E-state index >= 15 is 0 Å². The average Bonchev–Trinajstić information content (AvgIpc) is 3.34. The molecule has 0 saturated heterocycles. The highest BCUT2D eigenvalue weighted by molar-refractivity contribution is 6.06. The molecule has 128 valence electrons. The molecule has 0 unspecified atom stereocenters. The third-order valence-electron chi connectivity index (χ3n) is 5.05. The normalized spacial score (nSPS) is 24.6. The zero-order chi connectivity index (χ0) is 18.2.